The van der Waals surface area contributed by atoms with Gasteiger partial charge in [0.05, 0.1) is 25.6 Å². The molecule has 3 rings (SSSR count). The van der Waals surface area contributed by atoms with Crippen molar-refractivity contribution in [2.75, 3.05) is 57.4 Å². The Kier molecular flexibility index (Phi) is 6.16. The van der Waals surface area contributed by atoms with E-state index in [9.17, 15) is 17.7 Å². The summed E-state index contributed by atoms with van der Waals surface area (Å²) in [6, 6.07) is 6.04. The van der Waals surface area contributed by atoms with Gasteiger partial charge in [-0.25, -0.2) is 4.98 Å². The molecule has 29 heavy (non-hydrogen) atoms. The predicted octanol–water partition coefficient (Wildman–Crippen LogP) is 2.69. The number of nitrogens with zero attached hydrogens (tertiary/aromatic N) is 3. The molecule has 1 fully saturated rings. The Balaban J connectivity index is 2.00. The Bertz CT molecular complexity index is 909. The van der Waals surface area contributed by atoms with Crippen LogP contribution in [0.15, 0.2) is 24.3 Å². The van der Waals surface area contributed by atoms with E-state index in [1.54, 1.807) is 25.5 Å². The molecule has 0 spiro atoms. The number of aromatic nitrogens is 2. The van der Waals surface area contributed by atoms with Crippen molar-refractivity contribution in [2.24, 2.45) is 0 Å². The molecule has 3 N–H and O–H groups in total. The Morgan fingerprint density at radius 2 is 1.79 bits per heavy atom. The lowest BCUT2D eigenvalue weighted by Crippen LogP contribution is -2.39. The Morgan fingerprint density at radius 1 is 1.17 bits per heavy atom. The second kappa shape index (κ2) is 8.30. The minimum Gasteiger partial charge on any atom is -0.379 e. The maximum absolute atomic E-state index is 13.9. The molecule has 1 saturated heterocycles. The van der Waals surface area contributed by atoms with Gasteiger partial charge in [0, 0.05) is 24.0 Å². The third-order valence-electron chi connectivity index (χ3n) is 4.55. The highest BCUT2D eigenvalue weighted by atomic mass is 31.2. The van der Waals surface area contributed by atoms with Crippen LogP contribution in [0.4, 0.5) is 24.9 Å². The number of ether oxygens (including phenoxy) is 1. The van der Waals surface area contributed by atoms with Crippen LogP contribution in [0.25, 0.3) is 11.3 Å². The van der Waals surface area contributed by atoms with Crippen molar-refractivity contribution in [3.8, 4) is 11.3 Å². The Morgan fingerprint density at radius 3 is 2.34 bits per heavy atom. The summed E-state index contributed by atoms with van der Waals surface area (Å²) >= 11 is 0. The SMILES string of the molecule is CP(C)(=O)c1ccc(-c2nc(N)nc(NCN3CCOCC3)c2C(F)(F)F)cc1. The number of halogens is 3. The molecule has 1 aromatic heterocycles. The Labute approximate surface area is 166 Å². The van der Waals surface area contributed by atoms with E-state index in [0.717, 1.165) is 0 Å². The monoisotopic (exact) mass is 429 g/mol. The predicted molar refractivity (Wildman–Crippen MR) is 107 cm³/mol. The third-order valence-corrected chi connectivity index (χ3v) is 6.09. The molecule has 0 aliphatic carbocycles. The largest absolute Gasteiger partial charge is 0.422 e. The first-order valence-electron chi connectivity index (χ1n) is 9.00. The molecule has 7 nitrogen and oxygen atoms in total. The second-order valence-electron chi connectivity index (χ2n) is 7.11. The summed E-state index contributed by atoms with van der Waals surface area (Å²) in [6.07, 6.45) is -4.69. The number of anilines is 2. The van der Waals surface area contributed by atoms with Gasteiger partial charge >= 0.3 is 6.18 Å². The van der Waals surface area contributed by atoms with E-state index in [1.165, 1.54) is 12.1 Å². The number of nitrogens with two attached hydrogens (primary N) is 1. The summed E-state index contributed by atoms with van der Waals surface area (Å²) in [5.74, 6) is -0.634. The average Bonchev–Trinajstić information content (AvgIpc) is 2.65. The molecule has 0 atom stereocenters. The van der Waals surface area contributed by atoms with Crippen LogP contribution in [0, 0.1) is 0 Å². The van der Waals surface area contributed by atoms with Crippen LogP contribution in [0.1, 0.15) is 5.56 Å². The van der Waals surface area contributed by atoms with Crippen LogP contribution in [0.3, 0.4) is 0 Å². The third kappa shape index (κ3) is 5.26. The number of hydrogen-bond donors (Lipinski definition) is 2. The van der Waals surface area contributed by atoms with Crippen molar-refractivity contribution in [1.29, 1.82) is 0 Å². The molecule has 0 unspecified atom stereocenters. The highest BCUT2D eigenvalue weighted by Gasteiger charge is 2.39. The molecule has 2 aromatic rings. The van der Waals surface area contributed by atoms with Crippen LogP contribution in [0.2, 0.25) is 0 Å². The summed E-state index contributed by atoms with van der Waals surface area (Å²) in [5, 5.41) is 3.32. The van der Waals surface area contributed by atoms with E-state index in [0.29, 0.717) is 31.6 Å². The van der Waals surface area contributed by atoms with Gasteiger partial charge in [0.15, 0.2) is 0 Å². The van der Waals surface area contributed by atoms with Crippen LogP contribution < -0.4 is 16.4 Å². The standard InChI is InChI=1S/C18H23F3N5O2P/c1-29(2,27)13-5-3-12(4-6-13)15-14(18(19,20)21)16(25-17(22)24-15)23-11-26-7-9-28-10-8-26/h3-6H,7-11H2,1-2H3,(H3,22,23,24,25). The van der Waals surface area contributed by atoms with Gasteiger partial charge in [-0.3, -0.25) is 4.90 Å². The van der Waals surface area contributed by atoms with E-state index in [4.69, 9.17) is 10.5 Å². The molecule has 1 aliphatic rings. The summed E-state index contributed by atoms with van der Waals surface area (Å²) in [5.41, 5.74) is 4.63. The first kappa shape index (κ1) is 21.5. The van der Waals surface area contributed by atoms with Gasteiger partial charge in [-0.1, -0.05) is 24.3 Å². The molecule has 0 bridgehead atoms. The van der Waals surface area contributed by atoms with Gasteiger partial charge in [0.2, 0.25) is 5.95 Å². The summed E-state index contributed by atoms with van der Waals surface area (Å²) in [6.45, 7) is 5.63. The maximum Gasteiger partial charge on any atom is 0.422 e. The molecule has 158 valence electrons. The van der Waals surface area contributed by atoms with E-state index in [-0.39, 0.29) is 29.7 Å². The molecular formula is C18H23F3N5O2P. The number of hydrogen-bond acceptors (Lipinski definition) is 7. The van der Waals surface area contributed by atoms with Crippen LogP contribution in [-0.4, -0.2) is 61.2 Å². The normalized spacial score (nSPS) is 16.0. The fraction of sp³-hybridized carbons (Fsp3) is 0.444. The second-order valence-corrected chi connectivity index (χ2v) is 10.3. The fourth-order valence-electron chi connectivity index (χ4n) is 3.01. The molecule has 2 heterocycles. The molecular weight excluding hydrogens is 406 g/mol. The van der Waals surface area contributed by atoms with Crippen LogP contribution in [0.5, 0.6) is 0 Å². The number of nitrogens with one attached hydrogen (secondary N) is 1. The van der Waals surface area contributed by atoms with E-state index >= 15 is 0 Å². The van der Waals surface area contributed by atoms with Crippen LogP contribution >= 0.6 is 7.14 Å². The topological polar surface area (TPSA) is 93.4 Å². The highest BCUT2D eigenvalue weighted by Crippen LogP contribution is 2.41. The lowest BCUT2D eigenvalue weighted by atomic mass is 10.1. The van der Waals surface area contributed by atoms with Crippen molar-refractivity contribution < 1.29 is 22.5 Å². The zero-order valence-corrected chi connectivity index (χ0v) is 17.1. The van der Waals surface area contributed by atoms with E-state index in [2.05, 4.69) is 15.3 Å². The first-order valence-corrected chi connectivity index (χ1v) is 11.6. The van der Waals surface area contributed by atoms with Gasteiger partial charge in [-0.15, -0.1) is 0 Å². The van der Waals surface area contributed by atoms with Crippen molar-refractivity contribution in [1.82, 2.24) is 14.9 Å². The molecule has 1 aliphatic heterocycles. The van der Waals surface area contributed by atoms with Gasteiger partial charge in [0.25, 0.3) is 0 Å². The first-order chi connectivity index (χ1) is 13.6. The van der Waals surface area contributed by atoms with Crippen molar-refractivity contribution in [3.05, 3.63) is 29.8 Å². The van der Waals surface area contributed by atoms with Gasteiger partial charge < -0.3 is 20.4 Å². The minimum absolute atomic E-state index is 0.177. The van der Waals surface area contributed by atoms with E-state index < -0.39 is 18.9 Å². The molecule has 0 amide bonds. The molecule has 11 heteroatoms. The molecule has 0 radical (unpaired) electrons. The maximum atomic E-state index is 13.9. The lowest BCUT2D eigenvalue weighted by molar-refractivity contribution is -0.136. The minimum atomic E-state index is -4.69. The summed E-state index contributed by atoms with van der Waals surface area (Å²) in [7, 11) is -2.53. The highest BCUT2D eigenvalue weighted by molar-refractivity contribution is 7.70. The van der Waals surface area contributed by atoms with Crippen molar-refractivity contribution in [3.63, 3.8) is 0 Å². The number of nitrogen functional groups attached to an aromatic ring is 1. The number of benzene rings is 1. The van der Waals surface area contributed by atoms with Gasteiger partial charge in [0.1, 0.15) is 18.5 Å². The van der Waals surface area contributed by atoms with Gasteiger partial charge in [-0.2, -0.15) is 18.2 Å². The smallest absolute Gasteiger partial charge is 0.379 e. The summed E-state index contributed by atoms with van der Waals surface area (Å²) in [4.78, 5) is 9.59. The fourth-order valence-corrected chi connectivity index (χ4v) is 3.87. The van der Waals surface area contributed by atoms with Gasteiger partial charge in [-0.05, 0) is 13.3 Å². The number of rotatable bonds is 5. The average molecular weight is 429 g/mol. The molecule has 0 saturated carbocycles. The Hall–Kier alpha value is -2.16. The number of alkyl halides is 3. The van der Waals surface area contributed by atoms with Crippen LogP contribution in [-0.2, 0) is 15.5 Å². The molecule has 1 aromatic carbocycles. The number of morpholine rings is 1. The quantitative estimate of drug-likeness (QED) is 0.706. The zero-order chi connectivity index (χ0) is 21.2. The van der Waals surface area contributed by atoms with E-state index in [1.807, 2.05) is 4.90 Å². The lowest BCUT2D eigenvalue weighted by Gasteiger charge is -2.27. The van der Waals surface area contributed by atoms with Crippen molar-refractivity contribution >= 4 is 24.2 Å². The zero-order valence-electron chi connectivity index (χ0n) is 16.2. The summed E-state index contributed by atoms with van der Waals surface area (Å²) < 4.78 is 59.2. The van der Waals surface area contributed by atoms with Crippen molar-refractivity contribution in [2.45, 2.75) is 6.18 Å².